The number of aryl methyl sites for hydroxylation is 1. The van der Waals surface area contributed by atoms with E-state index in [0.717, 1.165) is 0 Å². The molecular formula is C6H10BrN3O2S. The minimum Gasteiger partial charge on any atom is -0.274 e. The van der Waals surface area contributed by atoms with Crippen LogP contribution in [0.3, 0.4) is 0 Å². The summed E-state index contributed by atoms with van der Waals surface area (Å²) < 4.78 is 26.7. The maximum absolute atomic E-state index is 11.4. The highest BCUT2D eigenvalue weighted by atomic mass is 79.9. The lowest BCUT2D eigenvalue weighted by atomic mass is 10.7. The summed E-state index contributed by atoms with van der Waals surface area (Å²) in [7, 11) is -1.69. The molecule has 1 heterocycles. The number of nitrogens with one attached hydrogen (secondary N) is 1. The van der Waals surface area contributed by atoms with Crippen molar-refractivity contribution in [2.24, 2.45) is 7.05 Å². The Bertz CT molecular complexity index is 373. The van der Waals surface area contributed by atoms with Gasteiger partial charge >= 0.3 is 0 Å². The van der Waals surface area contributed by atoms with E-state index in [1.807, 2.05) is 0 Å². The molecule has 0 bridgehead atoms. The zero-order chi connectivity index (χ0) is 9.90. The molecule has 0 spiro atoms. The van der Waals surface area contributed by atoms with Crippen molar-refractivity contribution in [1.82, 2.24) is 14.5 Å². The number of hydrogen-bond donors (Lipinski definition) is 1. The topological polar surface area (TPSA) is 64.0 Å². The lowest BCUT2D eigenvalue weighted by Crippen LogP contribution is -2.25. The quantitative estimate of drug-likeness (QED) is 0.787. The first kappa shape index (κ1) is 10.7. The van der Waals surface area contributed by atoms with E-state index in [9.17, 15) is 8.42 Å². The van der Waals surface area contributed by atoms with Gasteiger partial charge in [-0.05, 0) is 0 Å². The van der Waals surface area contributed by atoms with Crippen LogP contribution in [0.2, 0.25) is 0 Å². The zero-order valence-corrected chi connectivity index (χ0v) is 9.47. The summed E-state index contributed by atoms with van der Waals surface area (Å²) in [5.74, 6) is 0. The molecule has 0 aliphatic carbocycles. The van der Waals surface area contributed by atoms with Crippen molar-refractivity contribution in [3.63, 3.8) is 0 Å². The second-order valence-electron chi connectivity index (χ2n) is 2.44. The summed E-state index contributed by atoms with van der Waals surface area (Å²) in [6.07, 6.45) is 2.77. The molecule has 1 N–H and O–H groups in total. The van der Waals surface area contributed by atoms with E-state index in [4.69, 9.17) is 0 Å². The van der Waals surface area contributed by atoms with Gasteiger partial charge in [-0.3, -0.25) is 4.68 Å². The minimum absolute atomic E-state index is 0.191. The lowest BCUT2D eigenvalue weighted by Gasteiger charge is -2.00. The number of aromatic nitrogens is 2. The summed E-state index contributed by atoms with van der Waals surface area (Å²) in [6, 6.07) is 0. The van der Waals surface area contributed by atoms with Crippen molar-refractivity contribution < 1.29 is 8.42 Å². The number of halogens is 1. The van der Waals surface area contributed by atoms with Gasteiger partial charge < -0.3 is 0 Å². The van der Waals surface area contributed by atoms with Crippen LogP contribution < -0.4 is 4.72 Å². The number of sulfonamides is 1. The molecule has 0 saturated heterocycles. The smallest absolute Gasteiger partial charge is 0.243 e. The van der Waals surface area contributed by atoms with Gasteiger partial charge in [-0.1, -0.05) is 15.9 Å². The Hall–Kier alpha value is -0.400. The molecule has 0 fully saturated rings. The predicted octanol–water partition coefficient (Wildman–Crippen LogP) is 0.0933. The third-order valence-corrected chi connectivity index (χ3v) is 3.19. The number of rotatable bonds is 4. The second-order valence-corrected chi connectivity index (χ2v) is 5.00. The number of hydrogen-bond acceptors (Lipinski definition) is 3. The normalized spacial score (nSPS) is 11.8. The van der Waals surface area contributed by atoms with E-state index in [1.165, 1.54) is 17.1 Å². The third-order valence-electron chi connectivity index (χ3n) is 1.38. The Kier molecular flexibility index (Phi) is 3.46. The van der Waals surface area contributed by atoms with E-state index >= 15 is 0 Å². The van der Waals surface area contributed by atoms with E-state index in [0.29, 0.717) is 11.9 Å². The van der Waals surface area contributed by atoms with Gasteiger partial charge in [0.2, 0.25) is 10.0 Å². The van der Waals surface area contributed by atoms with Gasteiger partial charge in [0.1, 0.15) is 4.90 Å². The number of alkyl halides is 1. The van der Waals surface area contributed by atoms with E-state index in [2.05, 4.69) is 25.8 Å². The summed E-state index contributed by atoms with van der Waals surface area (Å²) in [5, 5.41) is 4.37. The Morgan fingerprint density at radius 2 is 2.38 bits per heavy atom. The van der Waals surface area contributed by atoms with Crippen LogP contribution in [-0.2, 0) is 17.1 Å². The first-order chi connectivity index (χ1) is 6.06. The van der Waals surface area contributed by atoms with Crippen molar-refractivity contribution in [2.75, 3.05) is 11.9 Å². The van der Waals surface area contributed by atoms with E-state index < -0.39 is 10.0 Å². The summed E-state index contributed by atoms with van der Waals surface area (Å²) >= 11 is 3.13. The van der Waals surface area contributed by atoms with Crippen LogP contribution in [0.5, 0.6) is 0 Å². The van der Waals surface area contributed by atoms with E-state index in [-0.39, 0.29) is 4.90 Å². The first-order valence-corrected chi connectivity index (χ1v) is 6.21. The molecule has 0 amide bonds. The fraction of sp³-hybridized carbons (Fsp3) is 0.500. The lowest BCUT2D eigenvalue weighted by molar-refractivity contribution is 0.584. The second kappa shape index (κ2) is 4.21. The molecule has 1 aromatic rings. The Balaban J connectivity index is 2.82. The van der Waals surface area contributed by atoms with Crippen LogP contribution in [-0.4, -0.2) is 30.1 Å². The molecule has 0 aliphatic rings. The summed E-state index contributed by atoms with van der Waals surface area (Å²) in [6.45, 7) is 0.372. The molecule has 5 nitrogen and oxygen atoms in total. The fourth-order valence-electron chi connectivity index (χ4n) is 0.794. The Labute approximate surface area is 85.3 Å². The van der Waals surface area contributed by atoms with Crippen molar-refractivity contribution >= 4 is 26.0 Å². The molecule has 0 saturated carbocycles. The minimum atomic E-state index is -3.36. The molecule has 7 heteroatoms. The summed E-state index contributed by atoms with van der Waals surface area (Å²) in [5.41, 5.74) is 0. The maximum atomic E-state index is 11.4. The van der Waals surface area contributed by atoms with E-state index in [1.54, 1.807) is 7.05 Å². The molecule has 0 atom stereocenters. The zero-order valence-electron chi connectivity index (χ0n) is 7.07. The Morgan fingerprint density at radius 3 is 2.85 bits per heavy atom. The van der Waals surface area contributed by atoms with Gasteiger partial charge in [0, 0.05) is 25.1 Å². The molecule has 1 rings (SSSR count). The number of nitrogens with zero attached hydrogens (tertiary/aromatic N) is 2. The molecular weight excluding hydrogens is 258 g/mol. The first-order valence-electron chi connectivity index (χ1n) is 3.60. The van der Waals surface area contributed by atoms with Crippen LogP contribution in [0.4, 0.5) is 0 Å². The maximum Gasteiger partial charge on any atom is 0.243 e. The van der Waals surface area contributed by atoms with Gasteiger partial charge in [0.05, 0.1) is 6.20 Å². The molecule has 1 aromatic heterocycles. The van der Waals surface area contributed by atoms with Gasteiger partial charge in [0.15, 0.2) is 0 Å². The van der Waals surface area contributed by atoms with Crippen LogP contribution in [0.25, 0.3) is 0 Å². The van der Waals surface area contributed by atoms with Crippen molar-refractivity contribution in [2.45, 2.75) is 4.90 Å². The SMILES string of the molecule is Cn1cc(S(=O)(=O)NCCBr)cn1. The van der Waals surface area contributed by atoms with Crippen LogP contribution in [0.15, 0.2) is 17.3 Å². The van der Waals surface area contributed by atoms with Gasteiger partial charge in [-0.25, -0.2) is 13.1 Å². The van der Waals surface area contributed by atoms with Crippen molar-refractivity contribution in [3.8, 4) is 0 Å². The van der Waals surface area contributed by atoms with Crippen LogP contribution >= 0.6 is 15.9 Å². The molecule has 0 aliphatic heterocycles. The average molecular weight is 268 g/mol. The molecule has 13 heavy (non-hydrogen) atoms. The molecule has 74 valence electrons. The van der Waals surface area contributed by atoms with Crippen LogP contribution in [0, 0.1) is 0 Å². The van der Waals surface area contributed by atoms with Crippen molar-refractivity contribution in [1.29, 1.82) is 0 Å². The largest absolute Gasteiger partial charge is 0.274 e. The third kappa shape index (κ3) is 2.78. The van der Waals surface area contributed by atoms with Gasteiger partial charge in [-0.15, -0.1) is 0 Å². The van der Waals surface area contributed by atoms with Gasteiger partial charge in [-0.2, -0.15) is 5.10 Å². The fourth-order valence-corrected chi connectivity index (χ4v) is 2.27. The van der Waals surface area contributed by atoms with Gasteiger partial charge in [0.25, 0.3) is 0 Å². The standard InChI is InChI=1S/C6H10BrN3O2S/c1-10-5-6(4-8-10)13(11,12)9-3-2-7/h4-5,9H,2-3H2,1H3. The van der Waals surface area contributed by atoms with Crippen molar-refractivity contribution in [3.05, 3.63) is 12.4 Å². The summed E-state index contributed by atoms with van der Waals surface area (Å²) in [4.78, 5) is 0.191. The molecule has 0 unspecified atom stereocenters. The molecule has 0 radical (unpaired) electrons. The average Bonchev–Trinajstić information content (AvgIpc) is 2.49. The Morgan fingerprint density at radius 1 is 1.69 bits per heavy atom. The monoisotopic (exact) mass is 267 g/mol. The molecule has 0 aromatic carbocycles. The highest BCUT2D eigenvalue weighted by Gasteiger charge is 2.14. The highest BCUT2D eigenvalue weighted by Crippen LogP contribution is 2.05. The van der Waals surface area contributed by atoms with Crippen LogP contribution in [0.1, 0.15) is 0 Å². The highest BCUT2D eigenvalue weighted by molar-refractivity contribution is 9.09. The predicted molar refractivity (Wildman–Crippen MR) is 52.2 cm³/mol.